The lowest BCUT2D eigenvalue weighted by atomic mass is 9.81. The Morgan fingerprint density at radius 2 is 1.87 bits per heavy atom. The zero-order valence-electron chi connectivity index (χ0n) is 16.8. The number of anilines is 2. The second-order valence-electron chi connectivity index (χ2n) is 7.87. The summed E-state index contributed by atoms with van der Waals surface area (Å²) in [6, 6.07) is 5.32. The maximum Gasteiger partial charge on any atom is 0.416 e. The van der Waals surface area contributed by atoms with Gasteiger partial charge < -0.3 is 15.5 Å². The van der Waals surface area contributed by atoms with Crippen molar-refractivity contribution in [1.29, 1.82) is 0 Å². The van der Waals surface area contributed by atoms with Crippen LogP contribution in [0.15, 0.2) is 43.0 Å². The first-order valence-corrected chi connectivity index (χ1v) is 9.87. The van der Waals surface area contributed by atoms with Crippen LogP contribution >= 0.6 is 0 Å². The van der Waals surface area contributed by atoms with E-state index in [9.17, 15) is 23.4 Å². The topological polar surface area (TPSA) is 96.1 Å². The van der Waals surface area contributed by atoms with E-state index in [1.807, 2.05) is 6.92 Å². The number of halogens is 3. The average Bonchev–Trinajstić information content (AvgIpc) is 3.21. The summed E-state index contributed by atoms with van der Waals surface area (Å²) in [6.07, 6.45) is 1.28. The van der Waals surface area contributed by atoms with Crippen molar-refractivity contribution in [2.75, 3.05) is 5.32 Å². The highest BCUT2D eigenvalue weighted by molar-refractivity contribution is 5.55. The van der Waals surface area contributed by atoms with Crippen LogP contribution in [0, 0.1) is 6.92 Å². The van der Waals surface area contributed by atoms with E-state index < -0.39 is 23.4 Å². The minimum absolute atomic E-state index is 0.0280. The molecule has 0 aliphatic heterocycles. The molecule has 0 atom stereocenters. The number of nitrogens with zero attached hydrogens (tertiary/aromatic N) is 4. The van der Waals surface area contributed by atoms with Gasteiger partial charge in [-0.2, -0.15) is 13.2 Å². The molecule has 3 aromatic heterocycles. The Kier molecular flexibility index (Phi) is 5.44. The molecule has 164 valence electrons. The zero-order chi connectivity index (χ0) is 22.2. The van der Waals surface area contributed by atoms with E-state index in [0.29, 0.717) is 43.0 Å². The first-order valence-electron chi connectivity index (χ1n) is 9.87. The van der Waals surface area contributed by atoms with Crippen molar-refractivity contribution in [3.8, 4) is 5.82 Å². The number of hydrogen-bond acceptors (Lipinski definition) is 6. The van der Waals surface area contributed by atoms with Crippen molar-refractivity contribution >= 4 is 11.6 Å². The normalized spacial score (nSPS) is 21.8. The molecule has 0 bridgehead atoms. The van der Waals surface area contributed by atoms with Gasteiger partial charge in [0.05, 0.1) is 17.4 Å². The summed E-state index contributed by atoms with van der Waals surface area (Å²) in [5.74, 6) is 0.851. The van der Waals surface area contributed by atoms with E-state index in [-0.39, 0.29) is 5.82 Å². The molecular weight excluding hydrogens is 411 g/mol. The average molecular weight is 433 g/mol. The molecule has 3 N–H and O–H groups in total. The van der Waals surface area contributed by atoms with Gasteiger partial charge in [-0.05, 0) is 62.4 Å². The standard InChI is InChI=1S/C21H22F3N5O2/c1-13-8-18(27-17-10-14(4-7-25-17)21(22,23)24)28-19(9-13)29-11-16(26-12-29)20(31)5-2-15(30)3-6-20/h4,7-12,15,30-31H,2-3,5-6H2,1H3,(H,25,27,28). The summed E-state index contributed by atoms with van der Waals surface area (Å²) in [5.41, 5.74) is -0.578. The van der Waals surface area contributed by atoms with Crippen LogP contribution in [0.2, 0.25) is 0 Å². The molecular formula is C21H22F3N5O2. The summed E-state index contributed by atoms with van der Waals surface area (Å²) < 4.78 is 40.5. The molecule has 0 unspecified atom stereocenters. The summed E-state index contributed by atoms with van der Waals surface area (Å²) >= 11 is 0. The molecule has 1 fully saturated rings. The van der Waals surface area contributed by atoms with Crippen molar-refractivity contribution < 1.29 is 23.4 Å². The van der Waals surface area contributed by atoms with Gasteiger partial charge in [-0.1, -0.05) is 0 Å². The van der Waals surface area contributed by atoms with E-state index in [2.05, 4.69) is 20.3 Å². The predicted octanol–water partition coefficient (Wildman–Crippen LogP) is 3.86. The SMILES string of the molecule is Cc1cc(Nc2cc(C(F)(F)F)ccn2)nc(-n2cnc(C3(O)CCC(O)CC3)c2)c1. The summed E-state index contributed by atoms with van der Waals surface area (Å²) in [4.78, 5) is 12.7. The first kappa shape index (κ1) is 21.3. The lowest BCUT2D eigenvalue weighted by Crippen LogP contribution is -2.33. The van der Waals surface area contributed by atoms with Gasteiger partial charge in [0.15, 0.2) is 0 Å². The highest BCUT2D eigenvalue weighted by Gasteiger charge is 2.36. The second-order valence-corrected chi connectivity index (χ2v) is 7.87. The minimum atomic E-state index is -4.47. The predicted molar refractivity (Wildman–Crippen MR) is 107 cm³/mol. The summed E-state index contributed by atoms with van der Waals surface area (Å²) in [5, 5.41) is 23.4. The Balaban J connectivity index is 1.59. The van der Waals surface area contributed by atoms with Gasteiger partial charge in [0.25, 0.3) is 0 Å². The number of aryl methyl sites for hydroxylation is 1. The van der Waals surface area contributed by atoms with Crippen LogP contribution in [0.3, 0.4) is 0 Å². The molecule has 3 aromatic rings. The number of nitrogens with one attached hydrogen (secondary N) is 1. The number of alkyl halides is 3. The molecule has 1 aliphatic carbocycles. The molecule has 7 nitrogen and oxygen atoms in total. The number of rotatable bonds is 4. The smallest absolute Gasteiger partial charge is 0.393 e. The molecule has 1 aliphatic rings. The number of aliphatic hydroxyl groups excluding tert-OH is 1. The number of aromatic nitrogens is 4. The van der Waals surface area contributed by atoms with Crippen LogP contribution < -0.4 is 5.32 Å². The van der Waals surface area contributed by atoms with Crippen LogP contribution in [0.5, 0.6) is 0 Å². The van der Waals surface area contributed by atoms with Crippen LogP contribution in [0.1, 0.15) is 42.5 Å². The van der Waals surface area contributed by atoms with Gasteiger partial charge >= 0.3 is 6.18 Å². The Morgan fingerprint density at radius 3 is 2.58 bits per heavy atom. The van der Waals surface area contributed by atoms with Crippen molar-refractivity contribution in [1.82, 2.24) is 19.5 Å². The number of aliphatic hydroxyl groups is 2. The molecule has 1 saturated carbocycles. The van der Waals surface area contributed by atoms with Crippen LogP contribution in [0.4, 0.5) is 24.8 Å². The third-order valence-electron chi connectivity index (χ3n) is 5.41. The fraction of sp³-hybridized carbons (Fsp3) is 0.381. The lowest BCUT2D eigenvalue weighted by Gasteiger charge is -2.32. The highest BCUT2D eigenvalue weighted by atomic mass is 19.4. The highest BCUT2D eigenvalue weighted by Crippen LogP contribution is 2.36. The molecule has 0 saturated heterocycles. The van der Waals surface area contributed by atoms with E-state index in [1.165, 1.54) is 6.33 Å². The molecule has 3 heterocycles. The van der Waals surface area contributed by atoms with Crippen molar-refractivity contribution in [3.05, 3.63) is 59.8 Å². The third kappa shape index (κ3) is 4.70. The van der Waals surface area contributed by atoms with Gasteiger partial charge in [-0.15, -0.1) is 0 Å². The van der Waals surface area contributed by atoms with Gasteiger partial charge in [-0.25, -0.2) is 15.0 Å². The van der Waals surface area contributed by atoms with E-state index in [1.54, 1.807) is 22.9 Å². The zero-order valence-corrected chi connectivity index (χ0v) is 16.8. The quantitative estimate of drug-likeness (QED) is 0.578. The largest absolute Gasteiger partial charge is 0.416 e. The van der Waals surface area contributed by atoms with Crippen LogP contribution in [0.25, 0.3) is 5.82 Å². The van der Waals surface area contributed by atoms with Crippen LogP contribution in [-0.4, -0.2) is 35.8 Å². The van der Waals surface area contributed by atoms with Gasteiger partial charge in [-0.3, -0.25) is 4.57 Å². The molecule has 31 heavy (non-hydrogen) atoms. The minimum Gasteiger partial charge on any atom is -0.393 e. The van der Waals surface area contributed by atoms with Crippen molar-refractivity contribution in [2.24, 2.45) is 0 Å². The van der Waals surface area contributed by atoms with E-state index in [0.717, 1.165) is 23.9 Å². The monoisotopic (exact) mass is 433 g/mol. The Hall–Kier alpha value is -2.98. The summed E-state index contributed by atoms with van der Waals surface area (Å²) in [7, 11) is 0. The molecule has 0 spiro atoms. The third-order valence-corrected chi connectivity index (χ3v) is 5.41. The second kappa shape index (κ2) is 7.93. The van der Waals surface area contributed by atoms with Gasteiger partial charge in [0.2, 0.25) is 0 Å². The Bertz CT molecular complexity index is 1070. The lowest BCUT2D eigenvalue weighted by molar-refractivity contribution is -0.137. The Labute approximate surface area is 176 Å². The van der Waals surface area contributed by atoms with E-state index >= 15 is 0 Å². The molecule has 0 amide bonds. The fourth-order valence-corrected chi connectivity index (χ4v) is 3.68. The molecule has 0 radical (unpaired) electrons. The number of pyridine rings is 2. The van der Waals surface area contributed by atoms with Gasteiger partial charge in [0.1, 0.15) is 29.4 Å². The summed E-state index contributed by atoms with van der Waals surface area (Å²) in [6.45, 7) is 1.84. The number of imidazole rings is 1. The molecule has 10 heteroatoms. The fourth-order valence-electron chi connectivity index (χ4n) is 3.68. The molecule has 4 rings (SSSR count). The van der Waals surface area contributed by atoms with E-state index in [4.69, 9.17) is 0 Å². The first-order chi connectivity index (χ1) is 14.6. The van der Waals surface area contributed by atoms with Gasteiger partial charge in [0, 0.05) is 12.4 Å². The van der Waals surface area contributed by atoms with Crippen molar-refractivity contribution in [2.45, 2.75) is 50.5 Å². The number of hydrogen-bond donors (Lipinski definition) is 3. The maximum atomic E-state index is 12.9. The Morgan fingerprint density at radius 1 is 1.13 bits per heavy atom. The maximum absolute atomic E-state index is 12.9. The molecule has 0 aromatic carbocycles. The van der Waals surface area contributed by atoms with Crippen molar-refractivity contribution in [3.63, 3.8) is 0 Å². The van der Waals surface area contributed by atoms with Crippen LogP contribution in [-0.2, 0) is 11.8 Å².